The van der Waals surface area contributed by atoms with Crippen LogP contribution < -0.4 is 5.32 Å². The van der Waals surface area contributed by atoms with Crippen molar-refractivity contribution >= 4 is 47.8 Å². The van der Waals surface area contributed by atoms with Crippen LogP contribution >= 0.6 is 47.8 Å². The lowest BCUT2D eigenvalue weighted by Crippen LogP contribution is -2.23. The Balaban J connectivity index is 2.26. The van der Waals surface area contributed by atoms with Crippen LogP contribution in [0.1, 0.15) is 24.1 Å². The molecule has 0 aliphatic carbocycles. The summed E-state index contributed by atoms with van der Waals surface area (Å²) >= 11 is 10.7. The molecule has 0 aliphatic rings. The molecule has 1 unspecified atom stereocenters. The number of rotatable bonds is 5. The predicted octanol–water partition coefficient (Wildman–Crippen LogP) is 5.87. The van der Waals surface area contributed by atoms with Crippen molar-refractivity contribution in [3.05, 3.63) is 67.0 Å². The van der Waals surface area contributed by atoms with Gasteiger partial charge in [-0.05, 0) is 54.4 Å². The van der Waals surface area contributed by atoms with Gasteiger partial charge < -0.3 is 5.32 Å². The molecule has 1 N–H and O–H groups in total. The zero-order chi connectivity index (χ0) is 14.5. The van der Waals surface area contributed by atoms with Crippen molar-refractivity contribution in [1.82, 2.24) is 5.32 Å². The van der Waals surface area contributed by atoms with Gasteiger partial charge in [0.15, 0.2) is 0 Å². The van der Waals surface area contributed by atoms with Gasteiger partial charge in [-0.2, -0.15) is 0 Å². The third-order valence-electron chi connectivity index (χ3n) is 3.14. The van der Waals surface area contributed by atoms with Gasteiger partial charge in [-0.15, -0.1) is 0 Å². The molecule has 2 aromatic rings. The molecule has 0 spiro atoms. The summed E-state index contributed by atoms with van der Waals surface area (Å²) in [5.74, 6) is 0. The topological polar surface area (TPSA) is 12.0 Å². The van der Waals surface area contributed by atoms with Crippen LogP contribution in [0.3, 0.4) is 0 Å². The van der Waals surface area contributed by atoms with E-state index in [2.05, 4.69) is 102 Å². The van der Waals surface area contributed by atoms with Gasteiger partial charge in [0, 0.05) is 19.5 Å². The Bertz CT molecular complexity index is 566. The molecule has 0 aliphatic heterocycles. The van der Waals surface area contributed by atoms with Gasteiger partial charge in [-0.3, -0.25) is 0 Å². The Morgan fingerprint density at radius 1 is 0.950 bits per heavy atom. The quantitative estimate of drug-likeness (QED) is 0.587. The molecule has 20 heavy (non-hydrogen) atoms. The van der Waals surface area contributed by atoms with Crippen molar-refractivity contribution in [2.24, 2.45) is 0 Å². The van der Waals surface area contributed by atoms with Crippen molar-refractivity contribution in [2.75, 3.05) is 6.54 Å². The smallest absolute Gasteiger partial charge is 0.0372 e. The summed E-state index contributed by atoms with van der Waals surface area (Å²) in [7, 11) is 0. The number of halogens is 3. The monoisotopic (exact) mass is 459 g/mol. The van der Waals surface area contributed by atoms with E-state index in [1.54, 1.807) is 0 Å². The van der Waals surface area contributed by atoms with Crippen LogP contribution in [-0.4, -0.2) is 6.54 Å². The van der Waals surface area contributed by atoms with Crippen LogP contribution in [0.2, 0.25) is 0 Å². The molecular weight excluding hydrogens is 446 g/mol. The maximum Gasteiger partial charge on any atom is 0.0372 e. The first-order valence-corrected chi connectivity index (χ1v) is 8.91. The van der Waals surface area contributed by atoms with E-state index >= 15 is 0 Å². The molecule has 1 nitrogen and oxygen atoms in total. The number of benzene rings is 2. The predicted molar refractivity (Wildman–Crippen MR) is 96.1 cm³/mol. The van der Waals surface area contributed by atoms with Crippen LogP contribution in [0.4, 0.5) is 0 Å². The highest BCUT2D eigenvalue weighted by Gasteiger charge is 2.14. The van der Waals surface area contributed by atoms with Crippen LogP contribution in [-0.2, 0) is 6.42 Å². The lowest BCUT2D eigenvalue weighted by Gasteiger charge is -2.20. The third kappa shape index (κ3) is 4.42. The number of hydrogen-bond donors (Lipinski definition) is 1. The van der Waals surface area contributed by atoms with E-state index in [-0.39, 0.29) is 0 Å². The van der Waals surface area contributed by atoms with E-state index in [1.165, 1.54) is 11.1 Å². The highest BCUT2D eigenvalue weighted by Crippen LogP contribution is 2.29. The second-order valence-electron chi connectivity index (χ2n) is 4.61. The molecule has 2 rings (SSSR count). The highest BCUT2D eigenvalue weighted by molar-refractivity contribution is 9.11. The molecular formula is C16H16Br3N. The van der Waals surface area contributed by atoms with Crippen molar-refractivity contribution in [1.29, 1.82) is 0 Å². The van der Waals surface area contributed by atoms with Gasteiger partial charge in [0.1, 0.15) is 0 Å². The van der Waals surface area contributed by atoms with Crippen LogP contribution in [0, 0.1) is 0 Å². The molecule has 0 saturated carbocycles. The van der Waals surface area contributed by atoms with Gasteiger partial charge in [0.05, 0.1) is 0 Å². The van der Waals surface area contributed by atoms with E-state index < -0.39 is 0 Å². The van der Waals surface area contributed by atoms with Crippen molar-refractivity contribution in [2.45, 2.75) is 19.4 Å². The van der Waals surface area contributed by atoms with Gasteiger partial charge in [0.2, 0.25) is 0 Å². The van der Waals surface area contributed by atoms with Crippen LogP contribution in [0.25, 0.3) is 0 Å². The molecule has 106 valence electrons. The molecule has 0 heterocycles. The summed E-state index contributed by atoms with van der Waals surface area (Å²) in [6.07, 6.45) is 0.968. The fourth-order valence-electron chi connectivity index (χ4n) is 2.18. The summed E-state index contributed by atoms with van der Waals surface area (Å²) in [6, 6.07) is 15.1. The molecule has 0 bridgehead atoms. The van der Waals surface area contributed by atoms with Crippen molar-refractivity contribution in [3.63, 3.8) is 0 Å². The van der Waals surface area contributed by atoms with E-state index in [9.17, 15) is 0 Å². The zero-order valence-electron chi connectivity index (χ0n) is 11.2. The fourth-order valence-corrected chi connectivity index (χ4v) is 3.34. The third-order valence-corrected chi connectivity index (χ3v) is 4.88. The Labute approximate surface area is 145 Å². The fraction of sp³-hybridized carbons (Fsp3) is 0.250. The van der Waals surface area contributed by atoms with E-state index in [4.69, 9.17) is 0 Å². The normalized spacial score (nSPS) is 12.4. The molecule has 0 aromatic heterocycles. The molecule has 0 radical (unpaired) electrons. The maximum atomic E-state index is 3.66. The van der Waals surface area contributed by atoms with Crippen LogP contribution in [0.5, 0.6) is 0 Å². The zero-order valence-corrected chi connectivity index (χ0v) is 15.9. The van der Waals surface area contributed by atoms with E-state index in [0.29, 0.717) is 6.04 Å². The standard InChI is InChI=1S/C16H16Br3N/c1-2-20-16(9-11-3-5-12(17)6-4-11)14-10-13(18)7-8-15(14)19/h3-8,10,16,20H,2,9H2,1H3. The number of nitrogens with one attached hydrogen (secondary N) is 1. The van der Waals surface area contributed by atoms with Gasteiger partial charge in [-0.1, -0.05) is 66.8 Å². The first-order valence-electron chi connectivity index (χ1n) is 6.53. The van der Waals surface area contributed by atoms with Gasteiger partial charge >= 0.3 is 0 Å². The van der Waals surface area contributed by atoms with Gasteiger partial charge in [-0.25, -0.2) is 0 Å². The summed E-state index contributed by atoms with van der Waals surface area (Å²) in [5.41, 5.74) is 2.61. The first kappa shape index (κ1) is 16.2. The SMILES string of the molecule is CCNC(Cc1ccc(Br)cc1)c1cc(Br)ccc1Br. The first-order chi connectivity index (χ1) is 9.60. The largest absolute Gasteiger partial charge is 0.310 e. The lowest BCUT2D eigenvalue weighted by atomic mass is 9.99. The minimum absolute atomic E-state index is 0.299. The molecule has 4 heteroatoms. The lowest BCUT2D eigenvalue weighted by molar-refractivity contribution is 0.547. The van der Waals surface area contributed by atoms with E-state index in [1.807, 2.05) is 0 Å². The summed E-state index contributed by atoms with van der Waals surface area (Å²) in [4.78, 5) is 0. The Morgan fingerprint density at radius 3 is 2.25 bits per heavy atom. The molecule has 0 saturated heterocycles. The van der Waals surface area contributed by atoms with Crippen LogP contribution in [0.15, 0.2) is 55.9 Å². The maximum absolute atomic E-state index is 3.66. The molecule has 0 fully saturated rings. The molecule has 0 amide bonds. The molecule has 2 aromatic carbocycles. The Morgan fingerprint density at radius 2 is 1.60 bits per heavy atom. The minimum atomic E-state index is 0.299. The average Bonchev–Trinajstić information content (AvgIpc) is 2.43. The highest BCUT2D eigenvalue weighted by atomic mass is 79.9. The minimum Gasteiger partial charge on any atom is -0.310 e. The van der Waals surface area contributed by atoms with Crippen molar-refractivity contribution < 1.29 is 0 Å². The second-order valence-corrected chi connectivity index (χ2v) is 7.29. The summed E-state index contributed by atoms with van der Waals surface area (Å²) < 4.78 is 3.36. The summed E-state index contributed by atoms with van der Waals surface area (Å²) in [5, 5.41) is 3.57. The average molecular weight is 462 g/mol. The number of likely N-dealkylation sites (N-methyl/N-ethyl adjacent to an activating group) is 1. The van der Waals surface area contributed by atoms with Gasteiger partial charge in [0.25, 0.3) is 0 Å². The number of hydrogen-bond acceptors (Lipinski definition) is 1. The Kier molecular flexibility index (Phi) is 6.27. The molecule has 1 atom stereocenters. The Hall–Kier alpha value is -0.160. The second kappa shape index (κ2) is 7.74. The summed E-state index contributed by atoms with van der Waals surface area (Å²) in [6.45, 7) is 3.08. The van der Waals surface area contributed by atoms with Crippen molar-refractivity contribution in [3.8, 4) is 0 Å². The van der Waals surface area contributed by atoms with E-state index in [0.717, 1.165) is 26.4 Å².